The Morgan fingerprint density at radius 2 is 1.93 bits per heavy atom. The summed E-state index contributed by atoms with van der Waals surface area (Å²) in [5.74, 6) is 1.12. The summed E-state index contributed by atoms with van der Waals surface area (Å²) >= 11 is 1.76. The lowest BCUT2D eigenvalue weighted by molar-refractivity contribution is 0.101. The zero-order chi connectivity index (χ0) is 11.1. The van der Waals surface area contributed by atoms with E-state index in [0.717, 1.165) is 24.2 Å². The molecule has 0 aromatic heterocycles. The second-order valence-electron chi connectivity index (χ2n) is 3.36. The van der Waals surface area contributed by atoms with Crippen LogP contribution < -0.4 is 0 Å². The molecule has 0 aliphatic heterocycles. The van der Waals surface area contributed by atoms with Gasteiger partial charge in [-0.2, -0.15) is 0 Å². The second-order valence-corrected chi connectivity index (χ2v) is 4.53. The number of Topliss-reactive ketones (excluding diaryl/α,β-unsaturated/α-hetero) is 1. The van der Waals surface area contributed by atoms with Gasteiger partial charge in [0.15, 0.2) is 5.78 Å². The third-order valence-electron chi connectivity index (χ3n) is 2.08. The molecule has 1 rings (SSSR count). The highest BCUT2D eigenvalue weighted by atomic mass is 32.2. The van der Waals surface area contributed by atoms with Crippen LogP contribution in [0.15, 0.2) is 29.2 Å². The minimum Gasteiger partial charge on any atom is -0.396 e. The molecule has 0 atom stereocenters. The van der Waals surface area contributed by atoms with E-state index in [9.17, 15) is 4.79 Å². The Kier molecular flexibility index (Phi) is 5.43. The smallest absolute Gasteiger partial charge is 0.159 e. The van der Waals surface area contributed by atoms with Crippen LogP contribution in [0.2, 0.25) is 0 Å². The summed E-state index contributed by atoms with van der Waals surface area (Å²) in [6.45, 7) is 1.84. The summed E-state index contributed by atoms with van der Waals surface area (Å²) in [5.41, 5.74) is 0.759. The van der Waals surface area contributed by atoms with Crippen molar-refractivity contribution < 1.29 is 9.90 Å². The maximum atomic E-state index is 11.0. The van der Waals surface area contributed by atoms with Crippen LogP contribution >= 0.6 is 11.8 Å². The first-order valence-corrected chi connectivity index (χ1v) is 6.07. The van der Waals surface area contributed by atoms with E-state index in [1.165, 1.54) is 4.90 Å². The van der Waals surface area contributed by atoms with Crippen molar-refractivity contribution in [3.8, 4) is 0 Å². The molecule has 82 valence electrons. The molecule has 0 aliphatic carbocycles. The maximum absolute atomic E-state index is 11.0. The minimum absolute atomic E-state index is 0.104. The van der Waals surface area contributed by atoms with Crippen LogP contribution in [0.25, 0.3) is 0 Å². The molecule has 0 aliphatic rings. The normalized spacial score (nSPS) is 10.3. The molecule has 0 radical (unpaired) electrons. The number of thioether (sulfide) groups is 1. The topological polar surface area (TPSA) is 37.3 Å². The van der Waals surface area contributed by atoms with Gasteiger partial charge in [0.05, 0.1) is 0 Å². The number of hydrogen-bond acceptors (Lipinski definition) is 3. The summed E-state index contributed by atoms with van der Waals surface area (Å²) in [6.07, 6.45) is 1.88. The average molecular weight is 224 g/mol. The molecule has 2 nitrogen and oxygen atoms in total. The Balaban J connectivity index is 2.39. The van der Waals surface area contributed by atoms with Gasteiger partial charge in [0, 0.05) is 17.1 Å². The van der Waals surface area contributed by atoms with E-state index in [1.807, 2.05) is 24.3 Å². The second kappa shape index (κ2) is 6.64. The minimum atomic E-state index is 0.104. The number of hydrogen-bond donors (Lipinski definition) is 1. The van der Waals surface area contributed by atoms with Crippen molar-refractivity contribution in [2.75, 3.05) is 12.4 Å². The van der Waals surface area contributed by atoms with Gasteiger partial charge in [-0.3, -0.25) is 4.79 Å². The molecule has 0 heterocycles. The molecule has 15 heavy (non-hydrogen) atoms. The highest BCUT2D eigenvalue weighted by Gasteiger charge is 1.99. The van der Waals surface area contributed by atoms with E-state index in [-0.39, 0.29) is 12.4 Å². The van der Waals surface area contributed by atoms with Gasteiger partial charge in [-0.05, 0) is 37.7 Å². The lowest BCUT2D eigenvalue weighted by Gasteiger charge is -2.01. The van der Waals surface area contributed by atoms with E-state index < -0.39 is 0 Å². The molecule has 0 saturated heterocycles. The molecule has 1 aromatic rings. The van der Waals surface area contributed by atoms with Gasteiger partial charge < -0.3 is 5.11 Å². The van der Waals surface area contributed by atoms with Crippen LogP contribution in [-0.4, -0.2) is 23.2 Å². The molecular formula is C12H16O2S. The number of aliphatic hydroxyl groups is 1. The molecule has 0 fully saturated rings. The summed E-state index contributed by atoms with van der Waals surface area (Å²) in [7, 11) is 0. The summed E-state index contributed by atoms with van der Waals surface area (Å²) in [4.78, 5) is 12.2. The van der Waals surface area contributed by atoms with Crippen LogP contribution in [-0.2, 0) is 0 Å². The van der Waals surface area contributed by atoms with Gasteiger partial charge in [0.2, 0.25) is 0 Å². The van der Waals surface area contributed by atoms with Gasteiger partial charge in [-0.25, -0.2) is 0 Å². The maximum Gasteiger partial charge on any atom is 0.159 e. The molecule has 0 saturated carbocycles. The summed E-state index contributed by atoms with van der Waals surface area (Å²) in [5, 5.41) is 8.61. The lowest BCUT2D eigenvalue weighted by atomic mass is 10.2. The predicted molar refractivity (Wildman–Crippen MR) is 63.5 cm³/mol. The number of aliphatic hydroxyl groups excluding tert-OH is 1. The van der Waals surface area contributed by atoms with Crippen molar-refractivity contribution in [2.45, 2.75) is 24.7 Å². The lowest BCUT2D eigenvalue weighted by Crippen LogP contribution is -1.90. The van der Waals surface area contributed by atoms with Crippen LogP contribution in [0, 0.1) is 0 Å². The first kappa shape index (κ1) is 12.3. The number of carbonyl (C=O) groups excluding carboxylic acids is 1. The van der Waals surface area contributed by atoms with Crippen molar-refractivity contribution >= 4 is 17.5 Å². The Bertz CT molecular complexity index is 306. The Hall–Kier alpha value is -0.800. The fourth-order valence-electron chi connectivity index (χ4n) is 1.19. The van der Waals surface area contributed by atoms with Crippen molar-refractivity contribution in [3.05, 3.63) is 29.8 Å². The molecule has 1 N–H and O–H groups in total. The Morgan fingerprint density at radius 3 is 2.47 bits per heavy atom. The van der Waals surface area contributed by atoms with Crippen molar-refractivity contribution in [1.29, 1.82) is 0 Å². The van der Waals surface area contributed by atoms with Crippen molar-refractivity contribution in [3.63, 3.8) is 0 Å². The van der Waals surface area contributed by atoms with Crippen molar-refractivity contribution in [2.24, 2.45) is 0 Å². The van der Waals surface area contributed by atoms with Crippen LogP contribution in [0.5, 0.6) is 0 Å². The van der Waals surface area contributed by atoms with E-state index in [0.29, 0.717) is 0 Å². The highest BCUT2D eigenvalue weighted by Crippen LogP contribution is 2.19. The molecular weight excluding hydrogens is 208 g/mol. The van der Waals surface area contributed by atoms with E-state index in [1.54, 1.807) is 18.7 Å². The summed E-state index contributed by atoms with van der Waals surface area (Å²) in [6, 6.07) is 7.66. The predicted octanol–water partition coefficient (Wildman–Crippen LogP) is 2.75. The molecule has 0 bridgehead atoms. The highest BCUT2D eigenvalue weighted by molar-refractivity contribution is 7.99. The SMILES string of the molecule is CC(=O)c1ccc(SCCCCO)cc1. The largest absolute Gasteiger partial charge is 0.396 e. The van der Waals surface area contributed by atoms with Gasteiger partial charge in [-0.1, -0.05) is 12.1 Å². The number of ketones is 1. The Labute approximate surface area is 94.7 Å². The van der Waals surface area contributed by atoms with Crippen LogP contribution in [0.4, 0.5) is 0 Å². The molecule has 0 spiro atoms. The summed E-state index contributed by atoms with van der Waals surface area (Å²) < 4.78 is 0. The van der Waals surface area contributed by atoms with Crippen LogP contribution in [0.3, 0.4) is 0 Å². The fourth-order valence-corrected chi connectivity index (χ4v) is 2.10. The molecule has 0 unspecified atom stereocenters. The number of rotatable bonds is 6. The van der Waals surface area contributed by atoms with Crippen LogP contribution in [0.1, 0.15) is 30.1 Å². The van der Waals surface area contributed by atoms with E-state index in [4.69, 9.17) is 5.11 Å². The average Bonchev–Trinajstić information content (AvgIpc) is 2.25. The first-order valence-electron chi connectivity index (χ1n) is 5.08. The molecule has 1 aromatic carbocycles. The van der Waals surface area contributed by atoms with Crippen molar-refractivity contribution in [1.82, 2.24) is 0 Å². The first-order chi connectivity index (χ1) is 7.24. The standard InChI is InChI=1S/C12H16O2S/c1-10(14)11-4-6-12(7-5-11)15-9-3-2-8-13/h4-7,13H,2-3,8-9H2,1H3. The Morgan fingerprint density at radius 1 is 1.27 bits per heavy atom. The number of carbonyl (C=O) groups is 1. The van der Waals surface area contributed by atoms with Gasteiger partial charge >= 0.3 is 0 Å². The van der Waals surface area contributed by atoms with Gasteiger partial charge in [0.25, 0.3) is 0 Å². The van der Waals surface area contributed by atoms with Gasteiger partial charge in [0.1, 0.15) is 0 Å². The zero-order valence-corrected chi connectivity index (χ0v) is 9.72. The van der Waals surface area contributed by atoms with Gasteiger partial charge in [-0.15, -0.1) is 11.8 Å². The third kappa shape index (κ3) is 4.49. The number of benzene rings is 1. The zero-order valence-electron chi connectivity index (χ0n) is 8.90. The van der Waals surface area contributed by atoms with E-state index in [2.05, 4.69) is 0 Å². The quantitative estimate of drug-likeness (QED) is 0.458. The fraction of sp³-hybridized carbons (Fsp3) is 0.417. The molecule has 0 amide bonds. The monoisotopic (exact) mass is 224 g/mol. The third-order valence-corrected chi connectivity index (χ3v) is 3.18. The number of unbranched alkanes of at least 4 members (excludes halogenated alkanes) is 1. The molecule has 3 heteroatoms. The van der Waals surface area contributed by atoms with E-state index >= 15 is 0 Å².